The third-order valence-electron chi connectivity index (χ3n) is 4.25. The molecule has 0 radical (unpaired) electrons. The summed E-state index contributed by atoms with van der Waals surface area (Å²) in [4.78, 5) is 23.0. The molecule has 6 nitrogen and oxygen atoms in total. The average Bonchev–Trinajstić information content (AvgIpc) is 3.15. The van der Waals surface area contributed by atoms with E-state index in [1.807, 2.05) is 36.1 Å². The fourth-order valence-corrected chi connectivity index (χ4v) is 2.94. The highest BCUT2D eigenvalue weighted by Gasteiger charge is 2.20. The summed E-state index contributed by atoms with van der Waals surface area (Å²) in [5.41, 5.74) is 1.99. The zero-order chi connectivity index (χ0) is 17.8. The van der Waals surface area contributed by atoms with Crippen LogP contribution in [-0.4, -0.2) is 40.6 Å². The van der Waals surface area contributed by atoms with Crippen LogP contribution in [0, 0.1) is 6.92 Å². The molecule has 1 fully saturated rings. The lowest BCUT2D eigenvalue weighted by atomic mass is 10.1. The van der Waals surface area contributed by atoms with Crippen molar-refractivity contribution in [3.8, 4) is 0 Å². The molecule has 2 heterocycles. The van der Waals surface area contributed by atoms with Crippen molar-refractivity contribution >= 4 is 23.5 Å². The van der Waals surface area contributed by atoms with Gasteiger partial charge < -0.3 is 15.3 Å². The average molecular weight is 361 g/mol. The number of benzene rings is 1. The number of aromatic nitrogens is 2. The summed E-state index contributed by atoms with van der Waals surface area (Å²) < 4.78 is 0. The number of aliphatic hydroxyl groups excluding tert-OH is 1. The summed E-state index contributed by atoms with van der Waals surface area (Å²) in [6.07, 6.45) is 2.85. The maximum atomic E-state index is 12.4. The number of aryl methyl sites for hydroxylation is 1. The molecular formula is C18H21ClN4O2. The third-order valence-corrected chi connectivity index (χ3v) is 4.53. The minimum atomic E-state index is -0.789. The summed E-state index contributed by atoms with van der Waals surface area (Å²) in [7, 11) is 0. The molecule has 0 unspecified atom stereocenters. The molecule has 1 aromatic heterocycles. The Bertz CT molecular complexity index is 745. The van der Waals surface area contributed by atoms with Gasteiger partial charge in [-0.15, -0.1) is 0 Å². The minimum absolute atomic E-state index is 0.0846. The molecule has 1 aliphatic heterocycles. The smallest absolute Gasteiger partial charge is 0.271 e. The van der Waals surface area contributed by atoms with Crippen LogP contribution >= 0.6 is 11.6 Å². The fourth-order valence-electron chi connectivity index (χ4n) is 2.77. The first-order valence-corrected chi connectivity index (χ1v) is 8.72. The summed E-state index contributed by atoms with van der Waals surface area (Å²) in [6, 6.07) is 7.53. The van der Waals surface area contributed by atoms with Crippen LogP contribution in [0.4, 0.5) is 5.95 Å². The lowest BCUT2D eigenvalue weighted by Crippen LogP contribution is -2.30. The van der Waals surface area contributed by atoms with Gasteiger partial charge in [-0.05, 0) is 25.3 Å². The molecule has 2 N–H and O–H groups in total. The van der Waals surface area contributed by atoms with Crippen molar-refractivity contribution in [1.29, 1.82) is 0 Å². The van der Waals surface area contributed by atoms with Gasteiger partial charge in [0.25, 0.3) is 5.91 Å². The highest BCUT2D eigenvalue weighted by atomic mass is 35.5. The van der Waals surface area contributed by atoms with Crippen molar-refractivity contribution in [2.24, 2.45) is 0 Å². The second kappa shape index (κ2) is 7.80. The van der Waals surface area contributed by atoms with Gasteiger partial charge in [-0.1, -0.05) is 41.4 Å². The number of nitrogens with zero attached hydrogens (tertiary/aromatic N) is 3. The fraction of sp³-hybridized carbons (Fsp3) is 0.389. The first-order valence-electron chi connectivity index (χ1n) is 8.35. The van der Waals surface area contributed by atoms with Gasteiger partial charge in [0.2, 0.25) is 5.95 Å². The number of rotatable bonds is 5. The van der Waals surface area contributed by atoms with Gasteiger partial charge in [-0.3, -0.25) is 4.79 Å². The summed E-state index contributed by atoms with van der Waals surface area (Å²) in [5.74, 6) is 0.102. The van der Waals surface area contributed by atoms with Gasteiger partial charge in [0, 0.05) is 19.6 Å². The van der Waals surface area contributed by atoms with E-state index in [1.54, 1.807) is 0 Å². The molecule has 0 aliphatic carbocycles. The second-order valence-electron chi connectivity index (χ2n) is 6.20. The zero-order valence-corrected chi connectivity index (χ0v) is 14.8. The van der Waals surface area contributed by atoms with Crippen LogP contribution < -0.4 is 10.2 Å². The highest BCUT2D eigenvalue weighted by molar-refractivity contribution is 6.33. The number of nitrogens with one attached hydrogen (secondary N) is 1. The number of anilines is 1. The molecule has 1 amide bonds. The molecule has 7 heteroatoms. The summed E-state index contributed by atoms with van der Waals surface area (Å²) in [5, 5.41) is 13.1. The molecule has 1 atom stereocenters. The van der Waals surface area contributed by atoms with E-state index < -0.39 is 12.0 Å². The largest absolute Gasteiger partial charge is 0.387 e. The molecule has 2 aromatic rings. The Morgan fingerprint density at radius 2 is 2.00 bits per heavy atom. The van der Waals surface area contributed by atoms with E-state index in [0.29, 0.717) is 5.95 Å². The van der Waals surface area contributed by atoms with Crippen molar-refractivity contribution < 1.29 is 9.90 Å². The minimum Gasteiger partial charge on any atom is -0.387 e. The zero-order valence-electron chi connectivity index (χ0n) is 14.1. The maximum absolute atomic E-state index is 12.4. The van der Waals surface area contributed by atoms with Crippen molar-refractivity contribution in [2.45, 2.75) is 25.9 Å². The Morgan fingerprint density at radius 1 is 1.32 bits per heavy atom. The van der Waals surface area contributed by atoms with E-state index in [0.717, 1.165) is 37.1 Å². The Kier molecular flexibility index (Phi) is 5.50. The van der Waals surface area contributed by atoms with Gasteiger partial charge in [-0.2, -0.15) is 0 Å². The number of amides is 1. The molecule has 0 spiro atoms. The Hall–Kier alpha value is -2.18. The third kappa shape index (κ3) is 4.27. The van der Waals surface area contributed by atoms with Gasteiger partial charge >= 0.3 is 0 Å². The van der Waals surface area contributed by atoms with E-state index in [1.165, 1.54) is 6.20 Å². The predicted molar refractivity (Wildman–Crippen MR) is 97.0 cm³/mol. The van der Waals surface area contributed by atoms with Crippen molar-refractivity contribution in [1.82, 2.24) is 15.3 Å². The number of carbonyl (C=O) groups is 1. The quantitative estimate of drug-likeness (QED) is 0.856. The Labute approximate surface area is 151 Å². The van der Waals surface area contributed by atoms with Crippen LogP contribution in [0.25, 0.3) is 0 Å². The summed E-state index contributed by atoms with van der Waals surface area (Å²) in [6.45, 7) is 3.83. The number of aliphatic hydroxyl groups is 1. The van der Waals surface area contributed by atoms with Crippen LogP contribution in [0.3, 0.4) is 0 Å². The van der Waals surface area contributed by atoms with E-state index in [4.69, 9.17) is 11.6 Å². The maximum Gasteiger partial charge on any atom is 0.271 e. The van der Waals surface area contributed by atoms with E-state index >= 15 is 0 Å². The van der Waals surface area contributed by atoms with Crippen molar-refractivity contribution in [2.75, 3.05) is 24.5 Å². The highest BCUT2D eigenvalue weighted by Crippen LogP contribution is 2.20. The molecule has 132 valence electrons. The SMILES string of the molecule is Cc1ccc([C@@H](O)CNC(=O)c2nc(N3CCCC3)ncc2Cl)cc1. The normalized spacial score (nSPS) is 15.2. The van der Waals surface area contributed by atoms with Crippen LogP contribution in [0.5, 0.6) is 0 Å². The number of hydrogen-bond acceptors (Lipinski definition) is 5. The molecule has 0 bridgehead atoms. The summed E-state index contributed by atoms with van der Waals surface area (Å²) >= 11 is 6.08. The van der Waals surface area contributed by atoms with Gasteiger partial charge in [-0.25, -0.2) is 9.97 Å². The monoisotopic (exact) mass is 360 g/mol. The first-order chi connectivity index (χ1) is 12.0. The van der Waals surface area contributed by atoms with Gasteiger partial charge in [0.15, 0.2) is 5.69 Å². The molecule has 0 saturated carbocycles. The molecule has 1 saturated heterocycles. The van der Waals surface area contributed by atoms with Gasteiger partial charge in [0.05, 0.1) is 17.3 Å². The second-order valence-corrected chi connectivity index (χ2v) is 6.60. The van der Waals surface area contributed by atoms with Crippen LogP contribution in [-0.2, 0) is 0 Å². The first kappa shape index (κ1) is 17.6. The Morgan fingerprint density at radius 3 is 2.68 bits per heavy atom. The molecule has 1 aliphatic rings. The van der Waals surface area contributed by atoms with Gasteiger partial charge in [0.1, 0.15) is 0 Å². The Balaban J connectivity index is 1.66. The van der Waals surface area contributed by atoms with Crippen molar-refractivity contribution in [3.05, 3.63) is 52.3 Å². The topological polar surface area (TPSA) is 78.3 Å². The van der Waals surface area contributed by atoms with Crippen LogP contribution in [0.15, 0.2) is 30.5 Å². The number of hydrogen-bond donors (Lipinski definition) is 2. The van der Waals surface area contributed by atoms with E-state index in [-0.39, 0.29) is 17.3 Å². The lowest BCUT2D eigenvalue weighted by Gasteiger charge is -2.16. The predicted octanol–water partition coefficient (Wildman–Crippen LogP) is 2.50. The van der Waals surface area contributed by atoms with E-state index in [9.17, 15) is 9.90 Å². The van der Waals surface area contributed by atoms with Crippen molar-refractivity contribution in [3.63, 3.8) is 0 Å². The molecular weight excluding hydrogens is 340 g/mol. The molecule has 1 aromatic carbocycles. The molecule has 3 rings (SSSR count). The number of carbonyl (C=O) groups excluding carboxylic acids is 1. The standard InChI is InChI=1S/C18H21ClN4O2/c1-12-4-6-13(7-5-12)15(24)11-20-17(25)16-14(19)10-21-18(22-16)23-8-2-3-9-23/h4-7,10,15,24H,2-3,8-9,11H2,1H3,(H,20,25)/t15-/m0/s1. The van der Waals surface area contributed by atoms with Crippen LogP contribution in [0.1, 0.15) is 40.6 Å². The van der Waals surface area contributed by atoms with E-state index in [2.05, 4.69) is 15.3 Å². The lowest BCUT2D eigenvalue weighted by molar-refractivity contribution is 0.0911. The van der Waals surface area contributed by atoms with Crippen LogP contribution in [0.2, 0.25) is 5.02 Å². The molecule has 25 heavy (non-hydrogen) atoms. The number of halogens is 1.